The highest BCUT2D eigenvalue weighted by Crippen LogP contribution is 2.34. The van der Waals surface area contributed by atoms with E-state index in [9.17, 15) is 10.1 Å². The van der Waals surface area contributed by atoms with Crippen LogP contribution in [0.2, 0.25) is 5.02 Å². The van der Waals surface area contributed by atoms with Crippen LogP contribution in [0, 0.1) is 17.0 Å². The standard InChI is InChI=1S/C10H12ClNO3S/c1-6-3-9(12(14)15)8(11)4-10(6)16-7(2)5-13/h3-4,7,13H,5H2,1-2H3. The van der Waals surface area contributed by atoms with Gasteiger partial charge in [0.1, 0.15) is 5.02 Å². The van der Waals surface area contributed by atoms with Crippen LogP contribution in [0.3, 0.4) is 0 Å². The third-order valence-electron chi connectivity index (χ3n) is 2.03. The number of hydrogen-bond donors (Lipinski definition) is 1. The Morgan fingerprint density at radius 2 is 2.25 bits per heavy atom. The van der Waals surface area contributed by atoms with Crippen molar-refractivity contribution < 1.29 is 10.0 Å². The summed E-state index contributed by atoms with van der Waals surface area (Å²) in [4.78, 5) is 11.0. The molecule has 0 aliphatic heterocycles. The van der Waals surface area contributed by atoms with E-state index >= 15 is 0 Å². The normalized spacial score (nSPS) is 12.5. The van der Waals surface area contributed by atoms with E-state index in [-0.39, 0.29) is 22.6 Å². The molecule has 4 nitrogen and oxygen atoms in total. The van der Waals surface area contributed by atoms with Crippen LogP contribution in [0.25, 0.3) is 0 Å². The predicted molar refractivity (Wildman–Crippen MR) is 65.2 cm³/mol. The number of aliphatic hydroxyl groups is 1. The van der Waals surface area contributed by atoms with Gasteiger partial charge in [0, 0.05) is 16.2 Å². The minimum Gasteiger partial charge on any atom is -0.395 e. The Bertz CT molecular complexity index is 411. The molecule has 0 heterocycles. The van der Waals surface area contributed by atoms with Gasteiger partial charge in [-0.1, -0.05) is 18.5 Å². The topological polar surface area (TPSA) is 63.4 Å². The first-order valence-electron chi connectivity index (χ1n) is 4.67. The fourth-order valence-corrected chi connectivity index (χ4v) is 2.41. The second kappa shape index (κ2) is 5.52. The summed E-state index contributed by atoms with van der Waals surface area (Å²) in [5, 5.41) is 19.7. The summed E-state index contributed by atoms with van der Waals surface area (Å²) in [7, 11) is 0. The molecule has 16 heavy (non-hydrogen) atoms. The van der Waals surface area contributed by atoms with Crippen LogP contribution in [-0.4, -0.2) is 21.9 Å². The Morgan fingerprint density at radius 1 is 1.62 bits per heavy atom. The second-order valence-corrected chi connectivity index (χ2v) is 5.32. The highest BCUT2D eigenvalue weighted by atomic mass is 35.5. The van der Waals surface area contributed by atoms with Gasteiger partial charge in [0.15, 0.2) is 0 Å². The van der Waals surface area contributed by atoms with Crippen molar-refractivity contribution in [3.63, 3.8) is 0 Å². The van der Waals surface area contributed by atoms with E-state index in [1.165, 1.54) is 17.8 Å². The van der Waals surface area contributed by atoms with E-state index in [4.69, 9.17) is 16.7 Å². The average molecular weight is 262 g/mol. The van der Waals surface area contributed by atoms with Crippen molar-refractivity contribution in [1.29, 1.82) is 0 Å². The lowest BCUT2D eigenvalue weighted by atomic mass is 10.2. The van der Waals surface area contributed by atoms with Crippen molar-refractivity contribution in [3.8, 4) is 0 Å². The lowest BCUT2D eigenvalue weighted by Crippen LogP contribution is -2.02. The molecule has 0 fully saturated rings. The maximum Gasteiger partial charge on any atom is 0.288 e. The number of aliphatic hydroxyl groups excluding tert-OH is 1. The van der Waals surface area contributed by atoms with Crippen LogP contribution >= 0.6 is 23.4 Å². The average Bonchev–Trinajstić information content (AvgIpc) is 2.22. The van der Waals surface area contributed by atoms with Crippen molar-refractivity contribution in [2.24, 2.45) is 0 Å². The van der Waals surface area contributed by atoms with Crippen LogP contribution < -0.4 is 0 Å². The number of aryl methyl sites for hydroxylation is 1. The minimum absolute atomic E-state index is 0.0382. The molecule has 1 atom stereocenters. The third-order valence-corrected chi connectivity index (χ3v) is 3.57. The lowest BCUT2D eigenvalue weighted by molar-refractivity contribution is -0.384. The molecule has 0 saturated heterocycles. The summed E-state index contributed by atoms with van der Waals surface area (Å²) in [6, 6.07) is 3.03. The van der Waals surface area contributed by atoms with E-state index < -0.39 is 4.92 Å². The number of hydrogen-bond acceptors (Lipinski definition) is 4. The molecule has 0 spiro atoms. The Labute approximate surface area is 103 Å². The van der Waals surface area contributed by atoms with Crippen molar-refractivity contribution in [2.75, 3.05) is 6.61 Å². The molecule has 1 aromatic rings. The molecule has 88 valence electrons. The Kier molecular flexibility index (Phi) is 4.58. The SMILES string of the molecule is Cc1cc([N+](=O)[O-])c(Cl)cc1SC(C)CO. The van der Waals surface area contributed by atoms with Gasteiger partial charge in [-0.05, 0) is 18.6 Å². The molecule has 0 saturated carbocycles. The Morgan fingerprint density at radius 3 is 2.75 bits per heavy atom. The van der Waals surface area contributed by atoms with Gasteiger partial charge in [-0.2, -0.15) is 0 Å². The van der Waals surface area contributed by atoms with Gasteiger partial charge >= 0.3 is 0 Å². The Balaban J connectivity index is 3.05. The molecule has 1 aromatic carbocycles. The van der Waals surface area contributed by atoms with E-state index in [2.05, 4.69) is 0 Å². The first-order valence-corrected chi connectivity index (χ1v) is 5.93. The van der Waals surface area contributed by atoms with Gasteiger partial charge in [-0.25, -0.2) is 0 Å². The van der Waals surface area contributed by atoms with Gasteiger partial charge in [0.25, 0.3) is 5.69 Å². The second-order valence-electron chi connectivity index (χ2n) is 3.44. The van der Waals surface area contributed by atoms with Crippen LogP contribution in [0.5, 0.6) is 0 Å². The number of halogens is 1. The molecule has 0 aliphatic carbocycles. The zero-order chi connectivity index (χ0) is 12.3. The van der Waals surface area contributed by atoms with Crippen molar-refractivity contribution in [2.45, 2.75) is 24.0 Å². The molecule has 1 rings (SSSR count). The molecule has 1 N–H and O–H groups in total. The minimum atomic E-state index is -0.501. The van der Waals surface area contributed by atoms with Gasteiger partial charge in [0.2, 0.25) is 0 Å². The van der Waals surface area contributed by atoms with Crippen LogP contribution in [0.4, 0.5) is 5.69 Å². The number of rotatable bonds is 4. The fraction of sp³-hybridized carbons (Fsp3) is 0.400. The molecule has 1 unspecified atom stereocenters. The fourth-order valence-electron chi connectivity index (χ4n) is 1.17. The maximum atomic E-state index is 10.6. The summed E-state index contributed by atoms with van der Waals surface area (Å²) in [5.41, 5.74) is 0.710. The van der Waals surface area contributed by atoms with E-state index in [1.54, 1.807) is 13.0 Å². The molecule has 0 aromatic heterocycles. The quantitative estimate of drug-likeness (QED) is 0.514. The van der Waals surface area contributed by atoms with Gasteiger partial charge < -0.3 is 5.11 Å². The molecule has 0 aliphatic rings. The van der Waals surface area contributed by atoms with Crippen LogP contribution in [-0.2, 0) is 0 Å². The zero-order valence-electron chi connectivity index (χ0n) is 8.94. The third kappa shape index (κ3) is 3.10. The molecular formula is C10H12ClNO3S. The van der Waals surface area contributed by atoms with Crippen molar-refractivity contribution >= 4 is 29.1 Å². The first-order chi connectivity index (χ1) is 7.45. The van der Waals surface area contributed by atoms with Crippen LogP contribution in [0.15, 0.2) is 17.0 Å². The number of nitrogens with zero attached hydrogens (tertiary/aromatic N) is 1. The molecule has 6 heteroatoms. The van der Waals surface area contributed by atoms with E-state index in [1.807, 2.05) is 6.92 Å². The van der Waals surface area contributed by atoms with Gasteiger partial charge in [0.05, 0.1) is 11.5 Å². The highest BCUT2D eigenvalue weighted by molar-refractivity contribution is 8.00. The number of nitro groups is 1. The van der Waals surface area contributed by atoms with Crippen molar-refractivity contribution in [1.82, 2.24) is 0 Å². The smallest absolute Gasteiger partial charge is 0.288 e. The summed E-state index contributed by atoms with van der Waals surface area (Å²) < 4.78 is 0. The largest absolute Gasteiger partial charge is 0.395 e. The van der Waals surface area contributed by atoms with E-state index in [0.29, 0.717) is 0 Å². The van der Waals surface area contributed by atoms with Crippen molar-refractivity contribution in [3.05, 3.63) is 32.8 Å². The van der Waals surface area contributed by atoms with Crippen LogP contribution in [0.1, 0.15) is 12.5 Å². The first kappa shape index (κ1) is 13.3. The van der Waals surface area contributed by atoms with Gasteiger partial charge in [-0.3, -0.25) is 10.1 Å². The maximum absolute atomic E-state index is 10.6. The molecule has 0 bridgehead atoms. The monoisotopic (exact) mass is 261 g/mol. The number of benzene rings is 1. The Hall–Kier alpha value is -0.780. The summed E-state index contributed by atoms with van der Waals surface area (Å²) >= 11 is 7.25. The predicted octanol–water partition coefficient (Wildman–Crippen LogP) is 3.03. The summed E-state index contributed by atoms with van der Waals surface area (Å²) in [6.45, 7) is 3.72. The summed E-state index contributed by atoms with van der Waals surface area (Å²) in [6.07, 6.45) is 0. The lowest BCUT2D eigenvalue weighted by Gasteiger charge is -2.10. The summed E-state index contributed by atoms with van der Waals surface area (Å²) in [5.74, 6) is 0. The zero-order valence-corrected chi connectivity index (χ0v) is 10.5. The molecule has 0 amide bonds. The van der Waals surface area contributed by atoms with Gasteiger partial charge in [-0.15, -0.1) is 11.8 Å². The van der Waals surface area contributed by atoms with E-state index in [0.717, 1.165) is 10.5 Å². The molecule has 0 radical (unpaired) electrons. The number of thioether (sulfide) groups is 1. The molecular weight excluding hydrogens is 250 g/mol. The number of nitro benzene ring substituents is 1. The highest BCUT2D eigenvalue weighted by Gasteiger charge is 2.16.